The average molecular weight is 336 g/mol. The lowest BCUT2D eigenvalue weighted by molar-refractivity contribution is 0.278. The molecular weight excluding hydrogens is 320 g/mol. The molecule has 0 aliphatic carbocycles. The highest BCUT2D eigenvalue weighted by molar-refractivity contribution is 6.04. The molecular formula is C23H16N2O. The molecule has 3 nitrogen and oxygen atoms in total. The van der Waals surface area contributed by atoms with Crippen LogP contribution in [0.4, 0.5) is 0 Å². The highest BCUT2D eigenvalue weighted by atomic mass is 16.3. The van der Waals surface area contributed by atoms with E-state index >= 15 is 0 Å². The van der Waals surface area contributed by atoms with Crippen LogP contribution in [-0.4, -0.2) is 10.1 Å². The number of hydrogen-bond acceptors (Lipinski definition) is 3. The van der Waals surface area contributed by atoms with Gasteiger partial charge in [0, 0.05) is 16.5 Å². The largest absolute Gasteiger partial charge is 0.390 e. The zero-order valence-electron chi connectivity index (χ0n) is 14.1. The summed E-state index contributed by atoms with van der Waals surface area (Å²) in [6.07, 6.45) is 0. The molecule has 0 bridgehead atoms. The smallest absolute Gasteiger partial charge is 0.0991 e. The fourth-order valence-electron chi connectivity index (χ4n) is 3.28. The first-order valence-corrected chi connectivity index (χ1v) is 8.40. The van der Waals surface area contributed by atoms with Gasteiger partial charge in [-0.1, -0.05) is 66.7 Å². The molecule has 0 radical (unpaired) electrons. The van der Waals surface area contributed by atoms with Crippen LogP contribution in [0.2, 0.25) is 0 Å². The van der Waals surface area contributed by atoms with Gasteiger partial charge in [0.25, 0.3) is 0 Å². The van der Waals surface area contributed by atoms with E-state index in [9.17, 15) is 5.11 Å². The number of rotatable bonds is 3. The first kappa shape index (κ1) is 16.0. The van der Waals surface area contributed by atoms with Gasteiger partial charge in [0.1, 0.15) is 0 Å². The molecule has 1 aromatic heterocycles. The Balaban J connectivity index is 2.03. The Morgan fingerprint density at radius 1 is 0.769 bits per heavy atom. The third kappa shape index (κ3) is 2.73. The predicted molar refractivity (Wildman–Crippen MR) is 103 cm³/mol. The van der Waals surface area contributed by atoms with Crippen molar-refractivity contribution in [2.75, 3.05) is 0 Å². The molecule has 0 saturated heterocycles. The number of nitriles is 1. The quantitative estimate of drug-likeness (QED) is 0.577. The molecule has 4 rings (SSSR count). The molecule has 4 aromatic rings. The van der Waals surface area contributed by atoms with Gasteiger partial charge < -0.3 is 5.11 Å². The summed E-state index contributed by atoms with van der Waals surface area (Å²) in [6.45, 7) is -0.141. The van der Waals surface area contributed by atoms with Crippen molar-refractivity contribution in [3.05, 3.63) is 90.1 Å². The van der Waals surface area contributed by atoms with Gasteiger partial charge in [0.05, 0.1) is 29.6 Å². The summed E-state index contributed by atoms with van der Waals surface area (Å²) >= 11 is 0. The van der Waals surface area contributed by atoms with E-state index in [0.29, 0.717) is 11.3 Å². The van der Waals surface area contributed by atoms with E-state index < -0.39 is 0 Å². The van der Waals surface area contributed by atoms with Gasteiger partial charge in [0.15, 0.2) is 0 Å². The fraction of sp³-hybridized carbons (Fsp3) is 0.0435. The van der Waals surface area contributed by atoms with Crippen LogP contribution >= 0.6 is 0 Å². The number of aromatic nitrogens is 1. The maximum atomic E-state index is 9.99. The van der Waals surface area contributed by atoms with Crippen LogP contribution in [0, 0.1) is 11.3 Å². The van der Waals surface area contributed by atoms with E-state index in [1.807, 2.05) is 60.7 Å². The maximum Gasteiger partial charge on any atom is 0.0991 e. The molecule has 1 heterocycles. The van der Waals surface area contributed by atoms with E-state index in [1.54, 1.807) is 12.1 Å². The second kappa shape index (κ2) is 6.79. The Morgan fingerprint density at radius 3 is 2.08 bits per heavy atom. The van der Waals surface area contributed by atoms with Gasteiger partial charge in [-0.3, -0.25) is 0 Å². The van der Waals surface area contributed by atoms with Gasteiger partial charge in [-0.15, -0.1) is 0 Å². The highest BCUT2D eigenvalue weighted by Gasteiger charge is 2.15. The van der Waals surface area contributed by atoms with Crippen molar-refractivity contribution in [3.63, 3.8) is 0 Å². The Morgan fingerprint density at radius 2 is 1.42 bits per heavy atom. The molecule has 0 saturated carbocycles. The number of aliphatic hydroxyl groups is 1. The average Bonchev–Trinajstić information content (AvgIpc) is 2.73. The first-order chi connectivity index (χ1) is 12.8. The van der Waals surface area contributed by atoms with E-state index in [4.69, 9.17) is 10.2 Å². The van der Waals surface area contributed by atoms with Crippen LogP contribution in [-0.2, 0) is 6.61 Å². The number of fused-ring (bicyclic) bond motifs is 1. The summed E-state index contributed by atoms with van der Waals surface area (Å²) in [5.41, 5.74) is 4.99. The van der Waals surface area contributed by atoms with Gasteiger partial charge in [-0.2, -0.15) is 5.26 Å². The lowest BCUT2D eigenvalue weighted by atomic mass is 9.94. The normalized spacial score (nSPS) is 10.6. The Hall–Kier alpha value is -3.48. The molecule has 0 aliphatic heterocycles. The van der Waals surface area contributed by atoms with Gasteiger partial charge >= 0.3 is 0 Å². The van der Waals surface area contributed by atoms with Crippen molar-refractivity contribution in [1.82, 2.24) is 4.98 Å². The minimum Gasteiger partial charge on any atom is -0.390 e. The highest BCUT2D eigenvalue weighted by Crippen LogP contribution is 2.36. The molecule has 3 heteroatoms. The van der Waals surface area contributed by atoms with Crippen LogP contribution in [0.25, 0.3) is 33.2 Å². The van der Waals surface area contributed by atoms with E-state index in [1.165, 1.54) is 0 Å². The minimum atomic E-state index is -0.141. The monoisotopic (exact) mass is 336 g/mol. The summed E-state index contributed by atoms with van der Waals surface area (Å²) in [4.78, 5) is 4.79. The number of pyridine rings is 1. The van der Waals surface area contributed by atoms with Crippen molar-refractivity contribution >= 4 is 10.8 Å². The van der Waals surface area contributed by atoms with Crippen molar-refractivity contribution in [3.8, 4) is 28.5 Å². The molecule has 0 atom stereocenters. The zero-order valence-corrected chi connectivity index (χ0v) is 14.1. The van der Waals surface area contributed by atoms with Crippen molar-refractivity contribution < 1.29 is 5.11 Å². The van der Waals surface area contributed by atoms with Crippen LogP contribution in [0.3, 0.4) is 0 Å². The van der Waals surface area contributed by atoms with Gasteiger partial charge in [-0.05, 0) is 23.1 Å². The SMILES string of the molecule is N#Cc1ccc(-c2nc(CO)c(-c3ccccc3)c3ccccc23)cc1. The predicted octanol–water partition coefficient (Wildman–Crippen LogP) is 4.93. The van der Waals surface area contributed by atoms with Crippen molar-refractivity contribution in [2.45, 2.75) is 6.61 Å². The Bertz CT molecular complexity index is 1110. The fourth-order valence-corrected chi connectivity index (χ4v) is 3.28. The summed E-state index contributed by atoms with van der Waals surface area (Å²) in [6, 6.07) is 27.6. The lowest BCUT2D eigenvalue weighted by Crippen LogP contribution is -1.99. The number of nitrogens with zero attached hydrogens (tertiary/aromatic N) is 2. The molecule has 0 aliphatic rings. The zero-order chi connectivity index (χ0) is 17.9. The molecule has 26 heavy (non-hydrogen) atoms. The molecule has 0 amide bonds. The minimum absolute atomic E-state index is 0.141. The lowest BCUT2D eigenvalue weighted by Gasteiger charge is -2.15. The molecule has 3 aromatic carbocycles. The molecule has 124 valence electrons. The maximum absolute atomic E-state index is 9.99. The molecule has 0 fully saturated rings. The Labute approximate surface area is 151 Å². The first-order valence-electron chi connectivity index (χ1n) is 8.40. The summed E-state index contributed by atoms with van der Waals surface area (Å²) in [5, 5.41) is 21.1. The number of hydrogen-bond donors (Lipinski definition) is 1. The van der Waals surface area contributed by atoms with E-state index in [2.05, 4.69) is 12.1 Å². The standard InChI is InChI=1S/C23H16N2O/c24-14-16-10-12-18(13-11-16)23-20-9-5-4-8-19(20)22(21(15-26)25-23)17-6-2-1-3-7-17/h1-13,26H,15H2. The number of aliphatic hydroxyl groups excluding tert-OH is 1. The second-order valence-corrected chi connectivity index (χ2v) is 6.04. The summed E-state index contributed by atoms with van der Waals surface area (Å²) in [7, 11) is 0. The summed E-state index contributed by atoms with van der Waals surface area (Å²) in [5.74, 6) is 0. The van der Waals surface area contributed by atoms with Crippen molar-refractivity contribution in [1.29, 1.82) is 5.26 Å². The topological polar surface area (TPSA) is 56.9 Å². The third-order valence-electron chi connectivity index (χ3n) is 4.49. The Kier molecular flexibility index (Phi) is 4.18. The van der Waals surface area contributed by atoms with Crippen LogP contribution in [0.1, 0.15) is 11.3 Å². The third-order valence-corrected chi connectivity index (χ3v) is 4.49. The van der Waals surface area contributed by atoms with E-state index in [0.717, 1.165) is 33.2 Å². The summed E-state index contributed by atoms with van der Waals surface area (Å²) < 4.78 is 0. The van der Waals surface area contributed by atoms with Gasteiger partial charge in [0.2, 0.25) is 0 Å². The second-order valence-electron chi connectivity index (χ2n) is 6.04. The van der Waals surface area contributed by atoms with Crippen molar-refractivity contribution in [2.24, 2.45) is 0 Å². The number of benzene rings is 3. The molecule has 1 N–H and O–H groups in total. The van der Waals surface area contributed by atoms with Crippen LogP contribution in [0.5, 0.6) is 0 Å². The molecule has 0 spiro atoms. The molecule has 0 unspecified atom stereocenters. The van der Waals surface area contributed by atoms with Gasteiger partial charge in [-0.25, -0.2) is 4.98 Å². The van der Waals surface area contributed by atoms with Crippen LogP contribution in [0.15, 0.2) is 78.9 Å². The van der Waals surface area contributed by atoms with E-state index in [-0.39, 0.29) is 6.61 Å². The van der Waals surface area contributed by atoms with Crippen LogP contribution < -0.4 is 0 Å².